The van der Waals surface area contributed by atoms with Crippen LogP contribution >= 0.6 is 0 Å². The summed E-state index contributed by atoms with van der Waals surface area (Å²) in [4.78, 5) is 27.8. The van der Waals surface area contributed by atoms with E-state index in [1.165, 1.54) is 6.08 Å². The SMILES string of the molecule is Cn1c(/C=C/CO)c(CNc2ccccc2)c2c1C(=O)C=C(N1CC1)C2=O. The van der Waals surface area contributed by atoms with Gasteiger partial charge in [0, 0.05) is 49.7 Å². The quantitative estimate of drug-likeness (QED) is 0.770. The van der Waals surface area contributed by atoms with Crippen molar-refractivity contribution in [3.05, 3.63) is 70.7 Å². The number of allylic oxidation sites excluding steroid dienone is 2. The van der Waals surface area contributed by atoms with E-state index in [0.29, 0.717) is 23.5 Å². The molecule has 1 aromatic carbocycles. The molecule has 138 valence electrons. The van der Waals surface area contributed by atoms with Gasteiger partial charge in [-0.05, 0) is 18.2 Å². The topological polar surface area (TPSA) is 74.3 Å². The average molecular weight is 363 g/mol. The molecule has 0 amide bonds. The summed E-state index contributed by atoms with van der Waals surface area (Å²) in [5.74, 6) is -0.259. The second-order valence-electron chi connectivity index (χ2n) is 6.66. The molecule has 2 heterocycles. The summed E-state index contributed by atoms with van der Waals surface area (Å²) in [5, 5.41) is 12.5. The number of nitrogens with one attached hydrogen (secondary N) is 1. The van der Waals surface area contributed by atoms with Crippen molar-refractivity contribution in [3.8, 4) is 0 Å². The van der Waals surface area contributed by atoms with E-state index in [9.17, 15) is 14.7 Å². The highest BCUT2D eigenvalue weighted by Gasteiger charge is 2.38. The lowest BCUT2D eigenvalue weighted by Gasteiger charge is -2.15. The Morgan fingerprint density at radius 1 is 1.19 bits per heavy atom. The van der Waals surface area contributed by atoms with Crippen molar-refractivity contribution >= 4 is 23.3 Å². The van der Waals surface area contributed by atoms with Crippen molar-refractivity contribution in [1.29, 1.82) is 0 Å². The molecular formula is C21H21N3O3. The Bertz CT molecular complexity index is 966. The zero-order valence-corrected chi connectivity index (χ0v) is 15.1. The minimum atomic E-state index is -0.154. The first kappa shape index (κ1) is 17.3. The van der Waals surface area contributed by atoms with E-state index < -0.39 is 0 Å². The van der Waals surface area contributed by atoms with E-state index in [-0.39, 0.29) is 18.2 Å². The lowest BCUT2D eigenvalue weighted by Crippen LogP contribution is -2.23. The highest BCUT2D eigenvalue weighted by Crippen LogP contribution is 2.33. The van der Waals surface area contributed by atoms with Crippen LogP contribution in [-0.2, 0) is 13.6 Å². The first-order valence-electron chi connectivity index (χ1n) is 8.95. The maximum absolute atomic E-state index is 13.1. The van der Waals surface area contributed by atoms with Crippen LogP contribution in [0.5, 0.6) is 0 Å². The molecule has 2 aliphatic rings. The Morgan fingerprint density at radius 2 is 1.93 bits per heavy atom. The zero-order valence-electron chi connectivity index (χ0n) is 15.1. The maximum atomic E-state index is 13.1. The van der Waals surface area contributed by atoms with Crippen LogP contribution in [-0.4, -0.2) is 45.8 Å². The molecule has 0 spiro atoms. The number of rotatable bonds is 6. The molecule has 1 fully saturated rings. The van der Waals surface area contributed by atoms with Gasteiger partial charge in [0.25, 0.3) is 0 Å². The third-order valence-electron chi connectivity index (χ3n) is 4.92. The zero-order chi connectivity index (χ0) is 19.0. The fourth-order valence-electron chi connectivity index (χ4n) is 3.51. The van der Waals surface area contributed by atoms with Gasteiger partial charge in [-0.3, -0.25) is 9.59 Å². The monoisotopic (exact) mass is 363 g/mol. The van der Waals surface area contributed by atoms with Crippen LogP contribution in [0, 0.1) is 0 Å². The number of hydrogen-bond acceptors (Lipinski definition) is 5. The van der Waals surface area contributed by atoms with Crippen LogP contribution in [0.1, 0.15) is 32.1 Å². The van der Waals surface area contributed by atoms with Gasteiger partial charge in [-0.1, -0.05) is 24.3 Å². The molecule has 1 aliphatic carbocycles. The average Bonchev–Trinajstić information content (AvgIpc) is 3.47. The fraction of sp³-hybridized carbons (Fsp3) is 0.238. The molecule has 0 unspecified atom stereocenters. The fourth-order valence-corrected chi connectivity index (χ4v) is 3.51. The first-order valence-corrected chi connectivity index (χ1v) is 8.95. The van der Waals surface area contributed by atoms with Gasteiger partial charge >= 0.3 is 0 Å². The Morgan fingerprint density at radius 3 is 2.59 bits per heavy atom. The van der Waals surface area contributed by atoms with Gasteiger partial charge < -0.3 is 19.9 Å². The lowest BCUT2D eigenvalue weighted by molar-refractivity contribution is 0.0965. The van der Waals surface area contributed by atoms with Crippen molar-refractivity contribution < 1.29 is 14.7 Å². The summed E-state index contributed by atoms with van der Waals surface area (Å²) < 4.78 is 1.75. The van der Waals surface area contributed by atoms with Crippen molar-refractivity contribution in [3.63, 3.8) is 0 Å². The third-order valence-corrected chi connectivity index (χ3v) is 4.92. The van der Waals surface area contributed by atoms with E-state index in [1.807, 2.05) is 35.2 Å². The third kappa shape index (κ3) is 3.08. The highest BCUT2D eigenvalue weighted by molar-refractivity contribution is 6.25. The number of aromatic nitrogens is 1. The second kappa shape index (κ2) is 6.89. The van der Waals surface area contributed by atoms with Crippen molar-refractivity contribution in [2.45, 2.75) is 6.54 Å². The van der Waals surface area contributed by atoms with Crippen molar-refractivity contribution in [2.24, 2.45) is 7.05 Å². The van der Waals surface area contributed by atoms with E-state index in [4.69, 9.17) is 0 Å². The standard InChI is InChI=1S/C21H21N3O3/c1-23-16(8-5-11-25)15(13-22-14-6-3-2-4-7-14)19-20(23)18(26)12-17(21(19)27)24-9-10-24/h2-8,12,22,25H,9-11,13H2,1H3/b8-5+. The molecule has 6 heteroatoms. The first-order chi connectivity index (χ1) is 13.1. The van der Waals surface area contributed by atoms with Crippen LogP contribution in [0.2, 0.25) is 0 Å². The van der Waals surface area contributed by atoms with Crippen LogP contribution in [0.3, 0.4) is 0 Å². The van der Waals surface area contributed by atoms with E-state index in [1.54, 1.807) is 23.8 Å². The molecule has 6 nitrogen and oxygen atoms in total. The number of para-hydroxylation sites is 1. The number of ketones is 2. The van der Waals surface area contributed by atoms with Gasteiger partial charge in [-0.15, -0.1) is 0 Å². The summed E-state index contributed by atoms with van der Waals surface area (Å²) in [6.45, 7) is 1.91. The largest absolute Gasteiger partial charge is 0.392 e. The maximum Gasteiger partial charge on any atom is 0.211 e. The highest BCUT2D eigenvalue weighted by atomic mass is 16.2. The Labute approximate surface area is 157 Å². The molecule has 4 rings (SSSR count). The molecule has 0 bridgehead atoms. The molecule has 0 radical (unpaired) electrons. The molecule has 27 heavy (non-hydrogen) atoms. The predicted molar refractivity (Wildman–Crippen MR) is 104 cm³/mol. The van der Waals surface area contributed by atoms with Crippen LogP contribution in [0.25, 0.3) is 6.08 Å². The normalized spacial score (nSPS) is 15.9. The van der Waals surface area contributed by atoms with E-state index >= 15 is 0 Å². The number of fused-ring (bicyclic) bond motifs is 1. The number of carbonyl (C=O) groups excluding carboxylic acids is 2. The van der Waals surface area contributed by atoms with Gasteiger partial charge in [-0.2, -0.15) is 0 Å². The van der Waals surface area contributed by atoms with Crippen molar-refractivity contribution in [1.82, 2.24) is 9.47 Å². The summed E-state index contributed by atoms with van der Waals surface area (Å²) in [6.07, 6.45) is 4.82. The second-order valence-corrected chi connectivity index (χ2v) is 6.66. The number of Topliss-reactive ketones (excluding diaryl/α,β-unsaturated/α-hetero) is 1. The summed E-state index contributed by atoms with van der Waals surface area (Å²) in [5.41, 5.74) is 3.81. The van der Waals surface area contributed by atoms with E-state index in [0.717, 1.165) is 30.0 Å². The Hall–Kier alpha value is -3.12. The number of anilines is 1. The summed E-state index contributed by atoms with van der Waals surface area (Å²) >= 11 is 0. The van der Waals surface area contributed by atoms with Crippen LogP contribution < -0.4 is 5.32 Å². The summed E-state index contributed by atoms with van der Waals surface area (Å²) in [6, 6.07) is 9.71. The number of aliphatic hydroxyl groups is 1. The molecule has 2 aromatic rings. The smallest absolute Gasteiger partial charge is 0.211 e. The number of aliphatic hydroxyl groups excluding tert-OH is 1. The van der Waals surface area contributed by atoms with Crippen LogP contribution in [0.15, 0.2) is 48.2 Å². The van der Waals surface area contributed by atoms with Crippen molar-refractivity contribution in [2.75, 3.05) is 25.0 Å². The van der Waals surface area contributed by atoms with Gasteiger partial charge in [0.1, 0.15) is 5.69 Å². The number of hydrogen-bond donors (Lipinski definition) is 2. The molecule has 0 atom stereocenters. The molecular weight excluding hydrogens is 342 g/mol. The van der Waals surface area contributed by atoms with Gasteiger partial charge in [0.2, 0.25) is 11.6 Å². The summed E-state index contributed by atoms with van der Waals surface area (Å²) in [7, 11) is 1.78. The van der Waals surface area contributed by atoms with Gasteiger partial charge in [-0.25, -0.2) is 0 Å². The number of nitrogens with zero attached hydrogens (tertiary/aromatic N) is 2. The lowest BCUT2D eigenvalue weighted by atomic mass is 9.94. The van der Waals surface area contributed by atoms with E-state index in [2.05, 4.69) is 5.32 Å². The van der Waals surface area contributed by atoms with Gasteiger partial charge in [0.15, 0.2) is 0 Å². The minimum absolute atomic E-state index is 0.105. The molecule has 0 saturated carbocycles. The molecule has 1 aliphatic heterocycles. The Balaban J connectivity index is 1.79. The van der Waals surface area contributed by atoms with Gasteiger partial charge in [0.05, 0.1) is 17.9 Å². The molecule has 2 N–H and O–H groups in total. The minimum Gasteiger partial charge on any atom is -0.392 e. The Kier molecular flexibility index (Phi) is 4.41. The number of benzene rings is 1. The number of carbonyl (C=O) groups is 2. The predicted octanol–water partition coefficient (Wildman–Crippen LogP) is 2.22. The molecule has 1 saturated heterocycles. The molecule has 1 aromatic heterocycles. The van der Waals surface area contributed by atoms with Crippen LogP contribution in [0.4, 0.5) is 5.69 Å².